The van der Waals surface area contributed by atoms with Crippen LogP contribution >= 0.6 is 0 Å². The van der Waals surface area contributed by atoms with Crippen LogP contribution in [0, 0.1) is 5.92 Å². The summed E-state index contributed by atoms with van der Waals surface area (Å²) in [6.45, 7) is 9.90. The highest BCUT2D eigenvalue weighted by molar-refractivity contribution is 5.85. The summed E-state index contributed by atoms with van der Waals surface area (Å²) in [7, 11) is 0. The minimum absolute atomic E-state index is 0.0176. The van der Waals surface area contributed by atoms with Gasteiger partial charge in [-0.05, 0) is 47.0 Å². The standard InChI is InChI=1S/C17H32N2O2/c1-5-9-10-11-12-13-15(17(21)18-6-2)14-16(20)19(7-3)8-4/h5,9,15H,6-8,10-14H2,1-4H3,(H,18,21)/b9-5+. The molecule has 0 aromatic rings. The number of nitrogens with zero attached hydrogens (tertiary/aromatic N) is 1. The first-order chi connectivity index (χ1) is 10.1. The molecule has 0 rings (SSSR count). The van der Waals surface area contributed by atoms with Crippen molar-refractivity contribution in [2.45, 2.75) is 59.8 Å². The fraction of sp³-hybridized carbons (Fsp3) is 0.765. The lowest BCUT2D eigenvalue weighted by molar-refractivity contribution is -0.136. The fourth-order valence-corrected chi connectivity index (χ4v) is 2.38. The molecule has 0 radical (unpaired) electrons. The fourth-order valence-electron chi connectivity index (χ4n) is 2.38. The molecule has 0 heterocycles. The van der Waals surface area contributed by atoms with Gasteiger partial charge in [0.1, 0.15) is 0 Å². The molecule has 0 aliphatic carbocycles. The molecule has 4 nitrogen and oxygen atoms in total. The molecule has 0 saturated heterocycles. The van der Waals surface area contributed by atoms with Crippen molar-refractivity contribution >= 4 is 11.8 Å². The number of nitrogens with one attached hydrogen (secondary N) is 1. The van der Waals surface area contributed by atoms with Gasteiger partial charge in [-0.1, -0.05) is 18.6 Å². The second-order valence-corrected chi connectivity index (χ2v) is 5.22. The smallest absolute Gasteiger partial charge is 0.223 e. The van der Waals surface area contributed by atoms with E-state index in [2.05, 4.69) is 11.4 Å². The zero-order valence-corrected chi connectivity index (χ0v) is 14.2. The molecule has 2 amide bonds. The highest BCUT2D eigenvalue weighted by Crippen LogP contribution is 2.16. The summed E-state index contributed by atoms with van der Waals surface area (Å²) >= 11 is 0. The lowest BCUT2D eigenvalue weighted by atomic mass is 9.96. The lowest BCUT2D eigenvalue weighted by Crippen LogP contribution is -2.37. The van der Waals surface area contributed by atoms with Crippen LogP contribution in [0.1, 0.15) is 59.8 Å². The summed E-state index contributed by atoms with van der Waals surface area (Å²) in [4.78, 5) is 26.1. The molecular weight excluding hydrogens is 264 g/mol. The zero-order chi connectivity index (χ0) is 16.1. The lowest BCUT2D eigenvalue weighted by Gasteiger charge is -2.22. The highest BCUT2D eigenvalue weighted by atomic mass is 16.2. The van der Waals surface area contributed by atoms with Crippen LogP contribution in [0.25, 0.3) is 0 Å². The van der Waals surface area contributed by atoms with Crippen molar-refractivity contribution in [3.05, 3.63) is 12.2 Å². The molecule has 4 heteroatoms. The van der Waals surface area contributed by atoms with Crippen molar-refractivity contribution in [3.8, 4) is 0 Å². The third-order valence-electron chi connectivity index (χ3n) is 3.67. The van der Waals surface area contributed by atoms with E-state index in [1.165, 1.54) is 0 Å². The molecule has 0 aromatic heterocycles. The Balaban J connectivity index is 4.44. The van der Waals surface area contributed by atoms with Crippen LogP contribution in [-0.2, 0) is 9.59 Å². The number of allylic oxidation sites excluding steroid dienone is 2. The summed E-state index contributed by atoms with van der Waals surface area (Å²) in [5.41, 5.74) is 0. The Morgan fingerprint density at radius 2 is 1.81 bits per heavy atom. The van der Waals surface area contributed by atoms with Crippen molar-refractivity contribution in [1.82, 2.24) is 10.2 Å². The molecule has 0 aliphatic heterocycles. The van der Waals surface area contributed by atoms with Crippen molar-refractivity contribution in [2.75, 3.05) is 19.6 Å². The van der Waals surface area contributed by atoms with Crippen LogP contribution in [0.3, 0.4) is 0 Å². The summed E-state index contributed by atoms with van der Waals surface area (Å²) < 4.78 is 0. The molecular formula is C17H32N2O2. The van der Waals surface area contributed by atoms with Crippen molar-refractivity contribution in [3.63, 3.8) is 0 Å². The maximum absolute atomic E-state index is 12.2. The average molecular weight is 296 g/mol. The second kappa shape index (κ2) is 12.4. The van der Waals surface area contributed by atoms with Crippen LogP contribution in [-0.4, -0.2) is 36.3 Å². The first kappa shape index (κ1) is 19.7. The van der Waals surface area contributed by atoms with E-state index < -0.39 is 0 Å². The van der Waals surface area contributed by atoms with Crippen LogP contribution in [0.4, 0.5) is 0 Å². The Morgan fingerprint density at radius 3 is 2.33 bits per heavy atom. The number of hydrogen-bond acceptors (Lipinski definition) is 2. The molecule has 0 saturated carbocycles. The molecule has 0 aliphatic rings. The maximum Gasteiger partial charge on any atom is 0.223 e. The predicted octanol–water partition coefficient (Wildman–Crippen LogP) is 3.13. The molecule has 0 spiro atoms. The number of carbonyl (C=O) groups excluding carboxylic acids is 2. The summed E-state index contributed by atoms with van der Waals surface area (Å²) in [6.07, 6.45) is 8.40. The molecule has 21 heavy (non-hydrogen) atoms. The van der Waals surface area contributed by atoms with E-state index in [9.17, 15) is 9.59 Å². The quantitative estimate of drug-likeness (QED) is 0.470. The Hall–Kier alpha value is -1.32. The van der Waals surface area contributed by atoms with Crippen LogP contribution < -0.4 is 5.32 Å². The highest BCUT2D eigenvalue weighted by Gasteiger charge is 2.23. The van der Waals surface area contributed by atoms with Crippen molar-refractivity contribution in [2.24, 2.45) is 5.92 Å². The third kappa shape index (κ3) is 8.53. The van der Waals surface area contributed by atoms with Crippen LogP contribution in [0.15, 0.2) is 12.2 Å². The first-order valence-electron chi connectivity index (χ1n) is 8.27. The monoisotopic (exact) mass is 296 g/mol. The van der Waals surface area contributed by atoms with E-state index in [1.807, 2.05) is 33.8 Å². The Morgan fingerprint density at radius 1 is 1.14 bits per heavy atom. The van der Waals surface area contributed by atoms with Crippen LogP contribution in [0.5, 0.6) is 0 Å². The summed E-state index contributed by atoms with van der Waals surface area (Å²) in [5, 5.41) is 2.85. The average Bonchev–Trinajstić information content (AvgIpc) is 2.47. The Bertz CT molecular complexity index is 323. The van der Waals surface area contributed by atoms with E-state index in [-0.39, 0.29) is 17.7 Å². The van der Waals surface area contributed by atoms with E-state index in [0.29, 0.717) is 26.1 Å². The number of rotatable bonds is 11. The largest absolute Gasteiger partial charge is 0.356 e. The van der Waals surface area contributed by atoms with Gasteiger partial charge in [0.15, 0.2) is 0 Å². The van der Waals surface area contributed by atoms with Crippen LogP contribution in [0.2, 0.25) is 0 Å². The Kier molecular flexibility index (Phi) is 11.6. The number of unbranched alkanes of at least 4 members (excludes halogenated alkanes) is 2. The SMILES string of the molecule is C/C=C/CCCCC(CC(=O)N(CC)CC)C(=O)NCC. The van der Waals surface area contributed by atoms with Gasteiger partial charge >= 0.3 is 0 Å². The van der Waals surface area contributed by atoms with E-state index in [1.54, 1.807) is 4.90 Å². The molecule has 0 fully saturated rings. The molecule has 1 atom stereocenters. The minimum atomic E-state index is -0.191. The van der Waals surface area contributed by atoms with Crippen molar-refractivity contribution in [1.29, 1.82) is 0 Å². The van der Waals surface area contributed by atoms with E-state index in [4.69, 9.17) is 0 Å². The first-order valence-corrected chi connectivity index (χ1v) is 8.27. The molecule has 0 aromatic carbocycles. The minimum Gasteiger partial charge on any atom is -0.356 e. The summed E-state index contributed by atoms with van der Waals surface area (Å²) in [5.74, 6) is -0.0857. The van der Waals surface area contributed by atoms with E-state index in [0.717, 1.165) is 25.7 Å². The number of hydrogen-bond donors (Lipinski definition) is 1. The van der Waals surface area contributed by atoms with Gasteiger partial charge in [-0.15, -0.1) is 0 Å². The summed E-state index contributed by atoms with van der Waals surface area (Å²) in [6, 6.07) is 0. The maximum atomic E-state index is 12.2. The molecule has 1 N–H and O–H groups in total. The molecule has 122 valence electrons. The van der Waals surface area contributed by atoms with Gasteiger partial charge < -0.3 is 10.2 Å². The van der Waals surface area contributed by atoms with E-state index >= 15 is 0 Å². The second-order valence-electron chi connectivity index (χ2n) is 5.22. The van der Waals surface area contributed by atoms with Gasteiger partial charge in [-0.2, -0.15) is 0 Å². The number of carbonyl (C=O) groups is 2. The van der Waals surface area contributed by atoms with Crippen molar-refractivity contribution < 1.29 is 9.59 Å². The Labute approximate surface area is 130 Å². The van der Waals surface area contributed by atoms with Gasteiger partial charge in [0.2, 0.25) is 11.8 Å². The van der Waals surface area contributed by atoms with Gasteiger partial charge in [0.25, 0.3) is 0 Å². The molecule has 1 unspecified atom stereocenters. The van der Waals surface area contributed by atoms with Gasteiger partial charge in [-0.3, -0.25) is 9.59 Å². The van der Waals surface area contributed by atoms with Gasteiger partial charge in [0, 0.05) is 32.0 Å². The number of amides is 2. The normalized spacial score (nSPS) is 12.4. The zero-order valence-electron chi connectivity index (χ0n) is 14.2. The molecule has 0 bridgehead atoms. The predicted molar refractivity (Wildman–Crippen MR) is 88.0 cm³/mol. The third-order valence-corrected chi connectivity index (χ3v) is 3.67. The topological polar surface area (TPSA) is 49.4 Å². The van der Waals surface area contributed by atoms with Gasteiger partial charge in [0.05, 0.1) is 0 Å². The van der Waals surface area contributed by atoms with Gasteiger partial charge in [-0.25, -0.2) is 0 Å².